The van der Waals surface area contributed by atoms with E-state index >= 15 is 0 Å². The van der Waals surface area contributed by atoms with Crippen molar-refractivity contribution in [3.63, 3.8) is 0 Å². The van der Waals surface area contributed by atoms with Gasteiger partial charge in [0, 0.05) is 11.4 Å². The number of hydrogen-bond donors (Lipinski definition) is 1. The summed E-state index contributed by atoms with van der Waals surface area (Å²) < 4.78 is 0. The average Bonchev–Trinajstić information content (AvgIpc) is 1.94. The van der Waals surface area contributed by atoms with E-state index in [9.17, 15) is 0 Å². The van der Waals surface area contributed by atoms with Crippen LogP contribution in [0.1, 0.15) is 34.1 Å². The first-order valence-corrected chi connectivity index (χ1v) is 5.27. The van der Waals surface area contributed by atoms with E-state index in [4.69, 9.17) is 11.6 Å². The molecule has 0 aromatic rings. The highest BCUT2D eigenvalue weighted by molar-refractivity contribution is 6.21. The second-order valence-corrected chi connectivity index (χ2v) is 5.28. The third-order valence-corrected chi connectivity index (χ3v) is 3.82. The van der Waals surface area contributed by atoms with Crippen LogP contribution in [0.4, 0.5) is 0 Å². The molecular weight excluding hydrogens is 170 g/mol. The summed E-state index contributed by atoms with van der Waals surface area (Å²) >= 11 is 6.31. The van der Waals surface area contributed by atoms with Crippen molar-refractivity contribution >= 4 is 11.6 Å². The van der Waals surface area contributed by atoms with Gasteiger partial charge in [-0.3, -0.25) is 0 Å². The van der Waals surface area contributed by atoms with Crippen molar-refractivity contribution in [2.45, 2.75) is 45.5 Å². The molecule has 1 aliphatic rings. The van der Waals surface area contributed by atoms with Crippen LogP contribution in [0.2, 0.25) is 0 Å². The summed E-state index contributed by atoms with van der Waals surface area (Å²) in [4.78, 5) is 0. The first-order chi connectivity index (χ1) is 5.46. The summed E-state index contributed by atoms with van der Waals surface area (Å²) in [5.41, 5.74) is 0.230. The van der Waals surface area contributed by atoms with Gasteiger partial charge >= 0.3 is 0 Å². The van der Waals surface area contributed by atoms with E-state index < -0.39 is 0 Å². The van der Waals surface area contributed by atoms with Gasteiger partial charge in [-0.05, 0) is 24.3 Å². The zero-order valence-electron chi connectivity index (χ0n) is 8.52. The SMILES string of the molecule is CC(C)C1NCCC(Cl)C1(C)C. The number of nitrogens with one attached hydrogen (secondary N) is 1. The smallest absolute Gasteiger partial charge is 0.0414 e. The van der Waals surface area contributed by atoms with Crippen molar-refractivity contribution in [2.24, 2.45) is 11.3 Å². The largest absolute Gasteiger partial charge is 0.313 e. The van der Waals surface area contributed by atoms with E-state index in [1.165, 1.54) is 0 Å². The first kappa shape index (κ1) is 10.3. The Morgan fingerprint density at radius 1 is 1.42 bits per heavy atom. The van der Waals surface area contributed by atoms with Gasteiger partial charge in [0.05, 0.1) is 0 Å². The summed E-state index contributed by atoms with van der Waals surface area (Å²) in [7, 11) is 0. The maximum atomic E-state index is 6.31. The molecule has 1 N–H and O–H groups in total. The van der Waals surface area contributed by atoms with Gasteiger partial charge in [0.2, 0.25) is 0 Å². The van der Waals surface area contributed by atoms with Crippen molar-refractivity contribution < 1.29 is 0 Å². The first-order valence-electron chi connectivity index (χ1n) is 4.83. The average molecular weight is 190 g/mol. The lowest BCUT2D eigenvalue weighted by molar-refractivity contribution is 0.146. The molecule has 0 aromatic carbocycles. The zero-order chi connectivity index (χ0) is 9.35. The second-order valence-electron chi connectivity index (χ2n) is 4.75. The summed E-state index contributed by atoms with van der Waals surface area (Å²) in [6.07, 6.45) is 1.10. The Labute approximate surface area is 80.9 Å². The Balaban J connectivity index is 2.72. The van der Waals surface area contributed by atoms with E-state index in [0.29, 0.717) is 17.3 Å². The van der Waals surface area contributed by atoms with Crippen LogP contribution in [0.3, 0.4) is 0 Å². The summed E-state index contributed by atoms with van der Waals surface area (Å²) in [6, 6.07) is 0.564. The molecule has 0 aromatic heterocycles. The minimum absolute atomic E-state index is 0.230. The summed E-state index contributed by atoms with van der Waals surface area (Å²) in [5.74, 6) is 0.668. The topological polar surface area (TPSA) is 12.0 Å². The van der Waals surface area contributed by atoms with Gasteiger partial charge in [0.25, 0.3) is 0 Å². The zero-order valence-corrected chi connectivity index (χ0v) is 9.28. The van der Waals surface area contributed by atoms with Gasteiger partial charge in [-0.15, -0.1) is 11.6 Å². The quantitative estimate of drug-likeness (QED) is 0.626. The molecule has 1 rings (SSSR count). The van der Waals surface area contributed by atoms with Crippen LogP contribution in [-0.2, 0) is 0 Å². The van der Waals surface area contributed by atoms with Gasteiger partial charge in [0.15, 0.2) is 0 Å². The molecule has 0 amide bonds. The number of rotatable bonds is 1. The highest BCUT2D eigenvalue weighted by Crippen LogP contribution is 2.37. The predicted octanol–water partition coefficient (Wildman–Crippen LogP) is 2.64. The standard InChI is InChI=1S/C10H20ClN/c1-7(2)9-10(3,4)8(11)5-6-12-9/h7-9,12H,5-6H2,1-4H3. The van der Waals surface area contributed by atoms with Crippen molar-refractivity contribution in [1.82, 2.24) is 5.32 Å². The van der Waals surface area contributed by atoms with Crippen LogP contribution in [0.25, 0.3) is 0 Å². The van der Waals surface area contributed by atoms with Crippen molar-refractivity contribution in [3.8, 4) is 0 Å². The number of halogens is 1. The highest BCUT2D eigenvalue weighted by Gasteiger charge is 2.40. The predicted molar refractivity (Wildman–Crippen MR) is 54.7 cm³/mol. The van der Waals surface area contributed by atoms with Gasteiger partial charge in [-0.1, -0.05) is 27.7 Å². The molecular formula is C10H20ClN. The Bertz CT molecular complexity index is 154. The molecule has 0 aliphatic carbocycles. The highest BCUT2D eigenvalue weighted by atomic mass is 35.5. The molecule has 1 saturated heterocycles. The molecule has 1 fully saturated rings. The van der Waals surface area contributed by atoms with Gasteiger partial charge in [-0.2, -0.15) is 0 Å². The lowest BCUT2D eigenvalue weighted by Gasteiger charge is -2.45. The maximum absolute atomic E-state index is 6.31. The minimum atomic E-state index is 0.230. The fourth-order valence-corrected chi connectivity index (χ4v) is 2.54. The van der Waals surface area contributed by atoms with Gasteiger partial charge in [0.1, 0.15) is 0 Å². The van der Waals surface area contributed by atoms with Crippen molar-refractivity contribution in [2.75, 3.05) is 6.54 Å². The van der Waals surface area contributed by atoms with Crippen molar-refractivity contribution in [1.29, 1.82) is 0 Å². The molecule has 2 unspecified atom stereocenters. The lowest BCUT2D eigenvalue weighted by Crippen LogP contribution is -2.55. The van der Waals surface area contributed by atoms with E-state index in [1.807, 2.05) is 0 Å². The number of piperidine rings is 1. The Hall–Kier alpha value is 0.250. The number of alkyl halides is 1. The molecule has 2 heteroatoms. The molecule has 0 saturated carbocycles. The monoisotopic (exact) mass is 189 g/mol. The van der Waals surface area contributed by atoms with Crippen LogP contribution in [0, 0.1) is 11.3 Å². The van der Waals surface area contributed by atoms with Gasteiger partial charge in [-0.25, -0.2) is 0 Å². The molecule has 0 radical (unpaired) electrons. The van der Waals surface area contributed by atoms with Crippen LogP contribution in [-0.4, -0.2) is 18.0 Å². The fourth-order valence-electron chi connectivity index (χ4n) is 2.29. The number of hydrogen-bond acceptors (Lipinski definition) is 1. The molecule has 2 atom stereocenters. The fraction of sp³-hybridized carbons (Fsp3) is 1.00. The van der Waals surface area contributed by atoms with E-state index in [-0.39, 0.29) is 5.41 Å². The normalized spacial score (nSPS) is 35.5. The summed E-state index contributed by atoms with van der Waals surface area (Å²) in [6.45, 7) is 10.1. The minimum Gasteiger partial charge on any atom is -0.313 e. The third-order valence-electron chi connectivity index (χ3n) is 3.04. The Kier molecular flexibility index (Phi) is 3.06. The van der Waals surface area contributed by atoms with Crippen molar-refractivity contribution in [3.05, 3.63) is 0 Å². The second kappa shape index (κ2) is 3.55. The van der Waals surface area contributed by atoms with Crippen LogP contribution in [0.15, 0.2) is 0 Å². The molecule has 0 bridgehead atoms. The van der Waals surface area contributed by atoms with Gasteiger partial charge < -0.3 is 5.32 Å². The van der Waals surface area contributed by atoms with Crippen LogP contribution >= 0.6 is 11.6 Å². The van der Waals surface area contributed by atoms with E-state index in [1.54, 1.807) is 0 Å². The molecule has 12 heavy (non-hydrogen) atoms. The molecule has 1 aliphatic heterocycles. The summed E-state index contributed by atoms with van der Waals surface area (Å²) in [5, 5.41) is 3.88. The van der Waals surface area contributed by atoms with Crippen LogP contribution in [0.5, 0.6) is 0 Å². The van der Waals surface area contributed by atoms with E-state index in [0.717, 1.165) is 13.0 Å². The Morgan fingerprint density at radius 2 is 2.00 bits per heavy atom. The molecule has 72 valence electrons. The molecule has 1 nitrogen and oxygen atoms in total. The molecule has 0 spiro atoms. The maximum Gasteiger partial charge on any atom is 0.0414 e. The third kappa shape index (κ3) is 1.77. The Morgan fingerprint density at radius 3 is 2.42 bits per heavy atom. The van der Waals surface area contributed by atoms with E-state index in [2.05, 4.69) is 33.0 Å². The lowest BCUT2D eigenvalue weighted by atomic mass is 9.73. The molecule has 1 heterocycles. The van der Waals surface area contributed by atoms with Crippen LogP contribution < -0.4 is 5.32 Å².